The molecule has 6 nitrogen and oxygen atoms in total. The van der Waals surface area contributed by atoms with Crippen LogP contribution in [0.15, 0.2) is 59.7 Å². The van der Waals surface area contributed by atoms with Gasteiger partial charge in [-0.2, -0.15) is 10.1 Å². The van der Waals surface area contributed by atoms with Gasteiger partial charge in [0.1, 0.15) is 0 Å². The average Bonchev–Trinajstić information content (AvgIpc) is 3.00. The van der Waals surface area contributed by atoms with E-state index >= 15 is 0 Å². The molecule has 0 aromatic heterocycles. The predicted molar refractivity (Wildman–Crippen MR) is 92.0 cm³/mol. The highest BCUT2D eigenvalue weighted by molar-refractivity contribution is 6.37. The monoisotopic (exact) mass is 358 g/mol. The second-order valence-corrected chi connectivity index (χ2v) is 5.96. The van der Waals surface area contributed by atoms with Crippen LogP contribution in [0.1, 0.15) is 22.3 Å². The lowest BCUT2D eigenvalue weighted by molar-refractivity contribution is -0.133. The van der Waals surface area contributed by atoms with Gasteiger partial charge in [-0.3, -0.25) is 4.79 Å². The first kappa shape index (κ1) is 17.1. The average molecular weight is 359 g/mol. The van der Waals surface area contributed by atoms with Crippen LogP contribution in [0.5, 0.6) is 0 Å². The number of nitrogens with zero attached hydrogens (tertiary/aromatic N) is 2. The van der Waals surface area contributed by atoms with E-state index < -0.39 is 17.6 Å². The van der Waals surface area contributed by atoms with E-state index in [2.05, 4.69) is 9.84 Å². The molecule has 0 radical (unpaired) electrons. The molecule has 0 saturated carbocycles. The summed E-state index contributed by atoms with van der Waals surface area (Å²) in [7, 11) is 1.22. The van der Waals surface area contributed by atoms with Crippen molar-refractivity contribution in [2.45, 2.75) is 12.1 Å². The molecule has 0 bridgehead atoms. The van der Waals surface area contributed by atoms with Crippen molar-refractivity contribution < 1.29 is 19.4 Å². The molecule has 1 aliphatic rings. The van der Waals surface area contributed by atoms with Crippen LogP contribution in [-0.2, 0) is 15.3 Å². The number of hydrogen-bond donors (Lipinski definition) is 1. The van der Waals surface area contributed by atoms with Crippen molar-refractivity contribution >= 4 is 29.2 Å². The van der Waals surface area contributed by atoms with Gasteiger partial charge in [0.15, 0.2) is 11.4 Å². The smallest absolute Gasteiger partial charge is 0.354 e. The van der Waals surface area contributed by atoms with Gasteiger partial charge in [-0.1, -0.05) is 41.9 Å². The molecule has 1 aliphatic heterocycles. The van der Waals surface area contributed by atoms with Crippen molar-refractivity contribution in [3.63, 3.8) is 0 Å². The van der Waals surface area contributed by atoms with E-state index in [1.165, 1.54) is 7.11 Å². The summed E-state index contributed by atoms with van der Waals surface area (Å²) in [5, 5.41) is 16.6. The Labute approximate surface area is 149 Å². The van der Waals surface area contributed by atoms with Gasteiger partial charge in [0, 0.05) is 16.1 Å². The zero-order chi connectivity index (χ0) is 18.0. The number of carbonyl (C=O) groups is 2. The second kappa shape index (κ2) is 6.66. The summed E-state index contributed by atoms with van der Waals surface area (Å²) < 4.78 is 4.68. The molecule has 1 heterocycles. The minimum Gasteiger partial charge on any atom is -0.464 e. The molecule has 2 aromatic rings. The highest BCUT2D eigenvalue weighted by atomic mass is 35.5. The van der Waals surface area contributed by atoms with Crippen LogP contribution in [0.2, 0.25) is 5.02 Å². The fourth-order valence-electron chi connectivity index (χ4n) is 2.64. The summed E-state index contributed by atoms with van der Waals surface area (Å²) in [6.45, 7) is 0. The minimum absolute atomic E-state index is 0.0377. The third kappa shape index (κ3) is 3.14. The first-order chi connectivity index (χ1) is 12.0. The maximum atomic E-state index is 12.8. The number of hydrazone groups is 1. The van der Waals surface area contributed by atoms with Gasteiger partial charge in [-0.25, -0.2) is 4.79 Å². The number of methoxy groups -OCH3 is 1. The van der Waals surface area contributed by atoms with Gasteiger partial charge in [-0.05, 0) is 24.3 Å². The zero-order valence-corrected chi connectivity index (χ0v) is 14.1. The molecule has 1 atom stereocenters. The lowest BCUT2D eigenvalue weighted by Crippen LogP contribution is -2.43. The Morgan fingerprint density at radius 3 is 2.40 bits per heavy atom. The van der Waals surface area contributed by atoms with E-state index in [4.69, 9.17) is 11.6 Å². The first-order valence-electron chi connectivity index (χ1n) is 7.49. The second-order valence-electron chi connectivity index (χ2n) is 5.52. The quantitative estimate of drug-likeness (QED) is 0.855. The van der Waals surface area contributed by atoms with Crippen LogP contribution >= 0.6 is 11.6 Å². The lowest BCUT2D eigenvalue weighted by atomic mass is 9.97. The predicted octanol–water partition coefficient (Wildman–Crippen LogP) is 2.56. The Hall–Kier alpha value is -2.70. The molecule has 3 rings (SSSR count). The van der Waals surface area contributed by atoms with Crippen molar-refractivity contribution in [2.24, 2.45) is 5.10 Å². The molecular weight excluding hydrogens is 344 g/mol. The largest absolute Gasteiger partial charge is 0.464 e. The number of benzene rings is 2. The van der Waals surface area contributed by atoms with E-state index in [0.29, 0.717) is 16.1 Å². The van der Waals surface area contributed by atoms with Crippen molar-refractivity contribution in [3.8, 4) is 0 Å². The van der Waals surface area contributed by atoms with Gasteiger partial charge in [0.05, 0.1) is 13.5 Å². The fraction of sp³-hybridized carbons (Fsp3) is 0.167. The number of aliphatic hydroxyl groups is 1. The third-order valence-electron chi connectivity index (χ3n) is 3.93. The summed E-state index contributed by atoms with van der Waals surface area (Å²) in [6, 6.07) is 14.8. The summed E-state index contributed by atoms with van der Waals surface area (Å²) >= 11 is 5.90. The number of amides is 1. The molecule has 0 spiro atoms. The topological polar surface area (TPSA) is 79.2 Å². The molecule has 128 valence electrons. The SMILES string of the molecule is COC(=O)C1=NN(C(=O)c2ccccc2)[C@](O)(c2ccc(Cl)cc2)C1. The van der Waals surface area contributed by atoms with Gasteiger partial charge in [0.2, 0.25) is 0 Å². The van der Waals surface area contributed by atoms with E-state index in [-0.39, 0.29) is 12.1 Å². The van der Waals surface area contributed by atoms with Crippen LogP contribution in [0.25, 0.3) is 0 Å². The van der Waals surface area contributed by atoms with E-state index in [0.717, 1.165) is 5.01 Å². The third-order valence-corrected chi connectivity index (χ3v) is 4.18. The highest BCUT2D eigenvalue weighted by Crippen LogP contribution is 2.37. The molecule has 1 amide bonds. The highest BCUT2D eigenvalue weighted by Gasteiger charge is 2.48. The van der Waals surface area contributed by atoms with E-state index in [1.807, 2.05) is 0 Å². The molecule has 2 aromatic carbocycles. The Morgan fingerprint density at radius 1 is 1.16 bits per heavy atom. The van der Waals surface area contributed by atoms with E-state index in [9.17, 15) is 14.7 Å². The van der Waals surface area contributed by atoms with Crippen LogP contribution in [0, 0.1) is 0 Å². The zero-order valence-electron chi connectivity index (χ0n) is 13.3. The molecule has 1 N–H and O–H groups in total. The number of hydrogen-bond acceptors (Lipinski definition) is 5. The molecule has 0 unspecified atom stereocenters. The van der Waals surface area contributed by atoms with Crippen LogP contribution in [0.3, 0.4) is 0 Å². The Balaban J connectivity index is 2.05. The Kier molecular flexibility index (Phi) is 4.57. The van der Waals surface area contributed by atoms with Crippen LogP contribution in [-0.4, -0.2) is 34.8 Å². The maximum Gasteiger partial charge on any atom is 0.354 e. The summed E-state index contributed by atoms with van der Waals surface area (Å²) in [5.41, 5.74) is -1.11. The molecule has 0 fully saturated rings. The van der Waals surface area contributed by atoms with Crippen molar-refractivity contribution in [3.05, 3.63) is 70.7 Å². The molecule has 7 heteroatoms. The van der Waals surface area contributed by atoms with Crippen LogP contribution < -0.4 is 0 Å². The minimum atomic E-state index is -1.80. The van der Waals surface area contributed by atoms with E-state index in [1.54, 1.807) is 54.6 Å². The van der Waals surface area contributed by atoms with Crippen molar-refractivity contribution in [1.82, 2.24) is 5.01 Å². The van der Waals surface area contributed by atoms with Gasteiger partial charge >= 0.3 is 5.97 Å². The molecule has 25 heavy (non-hydrogen) atoms. The number of ether oxygens (including phenoxy) is 1. The number of halogens is 1. The number of carbonyl (C=O) groups excluding carboxylic acids is 2. The van der Waals surface area contributed by atoms with Crippen molar-refractivity contribution in [2.75, 3.05) is 7.11 Å². The summed E-state index contributed by atoms with van der Waals surface area (Å²) in [6.07, 6.45) is -0.181. The fourth-order valence-corrected chi connectivity index (χ4v) is 2.76. The van der Waals surface area contributed by atoms with Gasteiger partial charge < -0.3 is 9.84 Å². The Bertz CT molecular complexity index is 836. The normalized spacial score (nSPS) is 19.5. The van der Waals surface area contributed by atoms with Crippen molar-refractivity contribution in [1.29, 1.82) is 0 Å². The van der Waals surface area contributed by atoms with Gasteiger partial charge in [-0.15, -0.1) is 0 Å². The number of rotatable bonds is 3. The molecule has 0 saturated heterocycles. The Morgan fingerprint density at radius 2 is 1.80 bits per heavy atom. The maximum absolute atomic E-state index is 12.8. The molecular formula is C18H15ClN2O4. The number of esters is 1. The van der Waals surface area contributed by atoms with Crippen LogP contribution in [0.4, 0.5) is 0 Å². The summed E-state index contributed by atoms with van der Waals surface area (Å²) in [5.74, 6) is -1.23. The van der Waals surface area contributed by atoms with Gasteiger partial charge in [0.25, 0.3) is 5.91 Å². The standard InChI is InChI=1S/C18H15ClN2O4/c1-25-17(23)15-11-18(24,13-7-9-14(19)10-8-13)21(20-15)16(22)12-5-3-2-4-6-12/h2-10,24H,11H2,1H3/t18-/m1/s1. The first-order valence-corrected chi connectivity index (χ1v) is 7.87. The summed E-state index contributed by atoms with van der Waals surface area (Å²) in [4.78, 5) is 24.7. The lowest BCUT2D eigenvalue weighted by Gasteiger charge is -2.31. The molecule has 0 aliphatic carbocycles.